The van der Waals surface area contributed by atoms with Gasteiger partial charge in [-0.05, 0) is 215 Å². The third kappa shape index (κ3) is 8.83. The highest BCUT2D eigenvalue weighted by atomic mass is 14.8. The maximum Gasteiger partial charge on any atom is 0.0815 e. The third-order valence-corrected chi connectivity index (χ3v) is 16.2. The number of aromatic amines is 2. The van der Waals surface area contributed by atoms with Crippen LogP contribution in [0.4, 0.5) is 0 Å². The summed E-state index contributed by atoms with van der Waals surface area (Å²) in [5, 5.41) is 0. The van der Waals surface area contributed by atoms with Gasteiger partial charge in [0.05, 0.1) is 28.3 Å². The van der Waals surface area contributed by atoms with Gasteiger partial charge in [-0.1, -0.05) is 132 Å². The van der Waals surface area contributed by atoms with Crippen molar-refractivity contribution in [2.24, 2.45) is 0 Å². The first-order valence-electron chi connectivity index (χ1n) is 27.9. The summed E-state index contributed by atoms with van der Waals surface area (Å²) in [6, 6.07) is 30.5. The fourth-order valence-electron chi connectivity index (χ4n) is 12.9. The molecule has 0 radical (unpaired) electrons. The van der Waals surface area contributed by atoms with Crippen molar-refractivity contribution >= 4 is 45.9 Å². The molecule has 0 unspecified atom stereocenters. The number of H-pyrrole nitrogens is 2. The van der Waals surface area contributed by atoms with Crippen LogP contribution < -0.4 is 0 Å². The Kier molecular flexibility index (Phi) is 15.2. The first kappa shape index (κ1) is 50.4. The van der Waals surface area contributed by atoms with Gasteiger partial charge in [0, 0.05) is 38.8 Å². The molecule has 0 spiro atoms. The van der Waals surface area contributed by atoms with E-state index in [9.17, 15) is 0 Å². The second kappa shape index (κ2) is 21.7. The summed E-state index contributed by atoms with van der Waals surface area (Å²) >= 11 is 0. The molecule has 370 valence electrons. The van der Waals surface area contributed by atoms with E-state index in [1.54, 1.807) is 0 Å². The van der Waals surface area contributed by atoms with Crippen LogP contribution >= 0.6 is 0 Å². The maximum atomic E-state index is 5.96. The Morgan fingerprint density at radius 3 is 1.17 bits per heavy atom. The van der Waals surface area contributed by atoms with Gasteiger partial charge in [0.1, 0.15) is 0 Å². The Balaban J connectivity index is 1.64. The number of benzene rings is 4. The SMILES string of the molecule is CCc1ccc(C2=Cc3cc4ccc(cc5nc(cc6[nH]c(c(-c7ccc(CC)c(CC)c7CC)c2n3)c(-c2ccc(CC)c(CC)c2CC)c6-c2ccc(CC)c(CC)c2CC)C=C5)[nH]4)c(CC)c1CC. The largest absolute Gasteiger partial charge is 0.355 e. The molecule has 0 saturated heterocycles. The van der Waals surface area contributed by atoms with E-state index in [1.165, 1.54) is 106 Å². The lowest BCUT2D eigenvalue weighted by Crippen LogP contribution is -2.05. The summed E-state index contributed by atoms with van der Waals surface area (Å²) in [6.45, 7) is 28.0. The number of nitrogens with one attached hydrogen (secondary N) is 2. The third-order valence-electron chi connectivity index (χ3n) is 16.2. The zero-order valence-corrected chi connectivity index (χ0v) is 45.6. The lowest BCUT2D eigenvalue weighted by atomic mass is 9.81. The van der Waals surface area contributed by atoms with Gasteiger partial charge in [0.25, 0.3) is 0 Å². The summed E-state index contributed by atoms with van der Waals surface area (Å²) < 4.78 is 0. The van der Waals surface area contributed by atoms with E-state index in [-0.39, 0.29) is 0 Å². The molecule has 0 amide bonds. The van der Waals surface area contributed by atoms with Gasteiger partial charge < -0.3 is 9.97 Å². The topological polar surface area (TPSA) is 57.4 Å². The summed E-state index contributed by atoms with van der Waals surface area (Å²) in [6.07, 6.45) is 18.4. The number of rotatable bonds is 16. The molecule has 0 fully saturated rings. The van der Waals surface area contributed by atoms with E-state index in [4.69, 9.17) is 9.97 Å². The highest BCUT2D eigenvalue weighted by Crippen LogP contribution is 2.50. The molecule has 2 aliphatic heterocycles. The van der Waals surface area contributed by atoms with Crippen LogP contribution in [0, 0.1) is 0 Å². The van der Waals surface area contributed by atoms with E-state index in [2.05, 4.69) is 190 Å². The minimum atomic E-state index is 0.907. The average molecular weight is 951 g/mol. The van der Waals surface area contributed by atoms with Crippen LogP contribution in [0.25, 0.3) is 79.2 Å². The van der Waals surface area contributed by atoms with Crippen molar-refractivity contribution in [2.75, 3.05) is 0 Å². The Bertz CT molecular complexity index is 3440. The lowest BCUT2D eigenvalue weighted by molar-refractivity contribution is 0.976. The quantitative estimate of drug-likeness (QED) is 0.101. The van der Waals surface area contributed by atoms with Gasteiger partial charge in [-0.3, -0.25) is 0 Å². The normalized spacial score (nSPS) is 12.3. The molecule has 0 saturated carbocycles. The van der Waals surface area contributed by atoms with Crippen molar-refractivity contribution in [3.05, 3.63) is 174 Å². The van der Waals surface area contributed by atoms with Crippen molar-refractivity contribution in [2.45, 2.75) is 160 Å². The predicted octanol–water partition coefficient (Wildman–Crippen LogP) is 17.8. The monoisotopic (exact) mass is 951 g/mol. The molecule has 2 N–H and O–H groups in total. The van der Waals surface area contributed by atoms with Crippen molar-refractivity contribution in [3.8, 4) is 33.4 Å². The second-order valence-corrected chi connectivity index (χ2v) is 19.7. The maximum absolute atomic E-state index is 5.96. The molecule has 4 aromatic carbocycles. The minimum Gasteiger partial charge on any atom is -0.355 e. The number of fused-ring (bicyclic) bond motifs is 8. The average Bonchev–Trinajstić information content (AvgIpc) is 4.23. The molecule has 9 rings (SSSR count). The van der Waals surface area contributed by atoms with E-state index < -0.39 is 0 Å². The molecule has 8 bridgehead atoms. The molecule has 0 aliphatic carbocycles. The summed E-state index contributed by atoms with van der Waals surface area (Å²) in [5.74, 6) is 0. The zero-order valence-electron chi connectivity index (χ0n) is 45.6. The number of hydrogen-bond acceptors (Lipinski definition) is 2. The van der Waals surface area contributed by atoms with E-state index in [0.29, 0.717) is 0 Å². The van der Waals surface area contributed by atoms with Crippen LogP contribution in [-0.4, -0.2) is 19.9 Å². The fraction of sp³-hybridized carbons (Fsp3) is 0.353. The molecular weight excluding hydrogens is 873 g/mol. The highest BCUT2D eigenvalue weighted by Gasteiger charge is 2.30. The Hall–Kier alpha value is -6.52. The molecule has 4 heteroatoms. The highest BCUT2D eigenvalue weighted by molar-refractivity contribution is 6.12. The van der Waals surface area contributed by atoms with Crippen LogP contribution in [-0.2, 0) is 77.0 Å². The van der Waals surface area contributed by atoms with E-state index in [0.717, 1.165) is 127 Å². The molecule has 2 aliphatic rings. The molecule has 72 heavy (non-hydrogen) atoms. The smallest absolute Gasteiger partial charge is 0.0815 e. The molecule has 5 heterocycles. The molecule has 4 nitrogen and oxygen atoms in total. The summed E-state index contributed by atoms with van der Waals surface area (Å²) in [5.41, 5.74) is 35.4. The first-order chi connectivity index (χ1) is 35.1. The van der Waals surface area contributed by atoms with Gasteiger partial charge in [-0.15, -0.1) is 0 Å². The van der Waals surface area contributed by atoms with E-state index >= 15 is 0 Å². The Morgan fingerprint density at radius 1 is 0.333 bits per heavy atom. The van der Waals surface area contributed by atoms with Crippen molar-refractivity contribution in [3.63, 3.8) is 0 Å². The molecule has 3 aromatic heterocycles. The number of aromatic nitrogens is 4. The Morgan fingerprint density at radius 2 is 0.722 bits per heavy atom. The van der Waals surface area contributed by atoms with Crippen LogP contribution in [0.3, 0.4) is 0 Å². The van der Waals surface area contributed by atoms with Gasteiger partial charge in [0.15, 0.2) is 0 Å². The van der Waals surface area contributed by atoms with Crippen LogP contribution in [0.1, 0.15) is 178 Å². The van der Waals surface area contributed by atoms with Crippen LogP contribution in [0.15, 0.2) is 78.9 Å². The summed E-state index contributed by atoms with van der Waals surface area (Å²) in [7, 11) is 0. The second-order valence-electron chi connectivity index (χ2n) is 19.7. The van der Waals surface area contributed by atoms with Gasteiger partial charge >= 0.3 is 0 Å². The molecular formula is C68H78N4. The van der Waals surface area contributed by atoms with Gasteiger partial charge in [-0.25, -0.2) is 9.97 Å². The van der Waals surface area contributed by atoms with E-state index in [1.807, 2.05) is 0 Å². The van der Waals surface area contributed by atoms with Crippen molar-refractivity contribution in [1.29, 1.82) is 0 Å². The molecule has 7 aromatic rings. The van der Waals surface area contributed by atoms with Crippen LogP contribution in [0.5, 0.6) is 0 Å². The standard InChI is InChI=1S/C68H78N4/c1-13-41-25-33-58(54(21-9)50(41)17-5)62-39-49-38-47-30-29-45(69-47)37-46-31-32-48(70-46)40-63-64(59-34-26-42(14-2)51(18-6)55(59)22-10)65(60-35-27-43(15-3)52(19-7)56(60)23-11)68(72-63)66(67(62)71-49)61-36-28-44(16-4)53(20-8)57(61)24-12/h25-40,69,72H,13-24H2,1-12H3. The van der Waals surface area contributed by atoms with Crippen LogP contribution in [0.2, 0.25) is 0 Å². The minimum absolute atomic E-state index is 0.907. The number of aryl methyl sites for hydroxylation is 4. The van der Waals surface area contributed by atoms with Gasteiger partial charge in [0.2, 0.25) is 0 Å². The van der Waals surface area contributed by atoms with Crippen molar-refractivity contribution in [1.82, 2.24) is 19.9 Å². The van der Waals surface area contributed by atoms with Crippen molar-refractivity contribution < 1.29 is 0 Å². The summed E-state index contributed by atoms with van der Waals surface area (Å²) in [4.78, 5) is 19.4. The predicted molar refractivity (Wildman–Crippen MR) is 312 cm³/mol. The first-order valence-corrected chi connectivity index (χ1v) is 27.9. The fourth-order valence-corrected chi connectivity index (χ4v) is 12.9. The number of nitrogens with zero attached hydrogens (tertiary/aromatic N) is 2. The zero-order chi connectivity index (χ0) is 50.8. The lowest BCUT2D eigenvalue weighted by Gasteiger charge is -2.23. The van der Waals surface area contributed by atoms with Gasteiger partial charge in [-0.2, -0.15) is 0 Å². The molecule has 0 atom stereocenters. The number of hydrogen-bond donors (Lipinski definition) is 2. The Labute approximate surface area is 431 Å².